The number of hydrogen-bond donors (Lipinski definition) is 2. The maximum atomic E-state index is 9.36. The highest BCUT2D eigenvalue weighted by Gasteiger charge is 2.40. The van der Waals surface area contributed by atoms with Gasteiger partial charge in [0.25, 0.3) is 0 Å². The molecule has 1 saturated carbocycles. The van der Waals surface area contributed by atoms with Crippen LogP contribution in [-0.4, -0.2) is 24.8 Å². The van der Waals surface area contributed by atoms with Crippen molar-refractivity contribution >= 4 is 0 Å². The Bertz CT molecular complexity index is 466. The Morgan fingerprint density at radius 3 is 1.97 bits per heavy atom. The lowest BCUT2D eigenvalue weighted by Gasteiger charge is -2.47. The molecule has 2 saturated heterocycles. The van der Waals surface area contributed by atoms with Gasteiger partial charge in [-0.1, -0.05) is 84.0 Å². The molecule has 0 aromatic heterocycles. The molecule has 0 radical (unpaired) electrons. The third-order valence-corrected chi connectivity index (χ3v) is 9.55. The lowest BCUT2D eigenvalue weighted by atomic mass is 9.58. The molecule has 0 spiro atoms. The van der Waals surface area contributed by atoms with Crippen molar-refractivity contribution in [3.8, 4) is 0 Å². The second-order valence-electron chi connectivity index (χ2n) is 12.3. The maximum absolute atomic E-state index is 9.36. The van der Waals surface area contributed by atoms with Crippen LogP contribution >= 0.6 is 0 Å². The average molecular weight is 448 g/mol. The number of hydrogen-bond acceptors (Lipinski definition) is 2. The molecule has 32 heavy (non-hydrogen) atoms. The van der Waals surface area contributed by atoms with E-state index in [1.165, 1.54) is 135 Å². The van der Waals surface area contributed by atoms with Crippen molar-refractivity contribution in [2.75, 3.05) is 19.7 Å². The Morgan fingerprint density at radius 2 is 1.28 bits per heavy atom. The molecule has 2 heterocycles. The molecule has 1 aliphatic carbocycles. The monoisotopic (exact) mass is 447 g/mol. The molecule has 3 aliphatic rings. The number of rotatable bonds is 3. The Balaban J connectivity index is 1.64. The first-order chi connectivity index (χ1) is 15.8. The molecule has 0 aromatic carbocycles. The van der Waals surface area contributed by atoms with Gasteiger partial charge in [0, 0.05) is 6.61 Å². The highest BCUT2D eigenvalue weighted by molar-refractivity contribution is 4.90. The zero-order chi connectivity index (χ0) is 22.4. The van der Waals surface area contributed by atoms with E-state index in [2.05, 4.69) is 12.2 Å². The van der Waals surface area contributed by atoms with E-state index in [0.29, 0.717) is 6.61 Å². The molecule has 2 heteroatoms. The van der Waals surface area contributed by atoms with Gasteiger partial charge in [-0.2, -0.15) is 0 Å². The predicted molar refractivity (Wildman–Crippen MR) is 139 cm³/mol. The van der Waals surface area contributed by atoms with Gasteiger partial charge >= 0.3 is 0 Å². The largest absolute Gasteiger partial charge is 0.396 e. The second kappa shape index (κ2) is 15.8. The fourth-order valence-corrected chi connectivity index (χ4v) is 7.41. The Labute approximate surface area is 201 Å². The summed E-state index contributed by atoms with van der Waals surface area (Å²) < 4.78 is 0. The molecule has 2 N–H and O–H groups in total. The Kier molecular flexibility index (Phi) is 13.1. The summed E-state index contributed by atoms with van der Waals surface area (Å²) in [4.78, 5) is 0. The fourth-order valence-electron chi connectivity index (χ4n) is 7.41. The first-order valence-electron chi connectivity index (χ1n) is 15.1. The third-order valence-electron chi connectivity index (χ3n) is 9.55. The minimum absolute atomic E-state index is 0.392. The van der Waals surface area contributed by atoms with E-state index in [1.807, 2.05) is 0 Å². The summed E-state index contributed by atoms with van der Waals surface area (Å²) in [5.41, 5.74) is 0. The van der Waals surface area contributed by atoms with Crippen LogP contribution in [0.25, 0.3) is 0 Å². The normalized spacial score (nSPS) is 37.3. The van der Waals surface area contributed by atoms with Gasteiger partial charge in [0.05, 0.1) is 0 Å². The van der Waals surface area contributed by atoms with Crippen molar-refractivity contribution in [2.24, 2.45) is 35.5 Å². The minimum Gasteiger partial charge on any atom is -0.396 e. The molecule has 0 amide bonds. The number of aliphatic hydroxyl groups excluding tert-OH is 1. The zero-order valence-electron chi connectivity index (χ0n) is 21.7. The lowest BCUT2D eigenvalue weighted by Crippen LogP contribution is -2.38. The zero-order valence-corrected chi connectivity index (χ0v) is 21.7. The van der Waals surface area contributed by atoms with Crippen LogP contribution in [0.3, 0.4) is 0 Å². The number of nitrogens with one attached hydrogen (secondary N) is 1. The van der Waals surface area contributed by atoms with E-state index < -0.39 is 0 Å². The smallest absolute Gasteiger partial charge is 0.0431 e. The van der Waals surface area contributed by atoms with Gasteiger partial charge in [-0.05, 0) is 100.0 Å². The molecule has 2 bridgehead atoms. The van der Waals surface area contributed by atoms with Crippen LogP contribution in [0.4, 0.5) is 0 Å². The molecule has 2 nitrogen and oxygen atoms in total. The van der Waals surface area contributed by atoms with E-state index in [0.717, 1.165) is 41.9 Å². The lowest BCUT2D eigenvalue weighted by molar-refractivity contribution is 0.0277. The van der Waals surface area contributed by atoms with Gasteiger partial charge in [-0.25, -0.2) is 0 Å². The fraction of sp³-hybridized carbons (Fsp3) is 1.00. The minimum atomic E-state index is 0.392. The third kappa shape index (κ3) is 9.65. The Morgan fingerprint density at radius 1 is 0.656 bits per heavy atom. The highest BCUT2D eigenvalue weighted by atomic mass is 16.2. The van der Waals surface area contributed by atoms with Crippen LogP contribution in [0.1, 0.15) is 135 Å². The molecule has 188 valence electrons. The summed E-state index contributed by atoms with van der Waals surface area (Å²) in [6, 6.07) is 0. The van der Waals surface area contributed by atoms with Gasteiger partial charge in [0.2, 0.25) is 0 Å². The van der Waals surface area contributed by atoms with Crippen LogP contribution in [0.2, 0.25) is 0 Å². The maximum Gasteiger partial charge on any atom is 0.0431 e. The quantitative estimate of drug-likeness (QED) is 0.457. The van der Waals surface area contributed by atoms with E-state index in [1.54, 1.807) is 0 Å². The van der Waals surface area contributed by atoms with Gasteiger partial charge < -0.3 is 10.4 Å². The summed E-state index contributed by atoms with van der Waals surface area (Å²) in [7, 11) is 0. The number of aliphatic hydroxyl groups is 1. The SMILES string of the molecule is C[C@H]1CCC2CCCCCCCCC(CCCCCCC3C(CCCO)CC3C2)CNC1. The van der Waals surface area contributed by atoms with E-state index in [9.17, 15) is 5.11 Å². The van der Waals surface area contributed by atoms with Crippen LogP contribution in [0.5, 0.6) is 0 Å². The first-order valence-corrected chi connectivity index (χ1v) is 15.1. The molecule has 0 aromatic rings. The van der Waals surface area contributed by atoms with Crippen molar-refractivity contribution in [2.45, 2.75) is 135 Å². The topological polar surface area (TPSA) is 32.3 Å². The summed E-state index contributed by atoms with van der Waals surface area (Å²) in [5, 5.41) is 13.3. The summed E-state index contributed by atoms with van der Waals surface area (Å²) in [6.07, 6.45) is 28.7. The van der Waals surface area contributed by atoms with E-state index in [4.69, 9.17) is 0 Å². The van der Waals surface area contributed by atoms with Gasteiger partial charge in [-0.15, -0.1) is 0 Å². The van der Waals surface area contributed by atoms with E-state index in [-0.39, 0.29) is 0 Å². The second-order valence-corrected chi connectivity index (χ2v) is 12.3. The van der Waals surface area contributed by atoms with Gasteiger partial charge in [0.1, 0.15) is 0 Å². The average Bonchev–Trinajstić information content (AvgIpc) is 2.77. The molecule has 2 aliphatic heterocycles. The van der Waals surface area contributed by atoms with Gasteiger partial charge in [0.15, 0.2) is 0 Å². The summed E-state index contributed by atoms with van der Waals surface area (Å²) in [6.45, 7) is 5.39. The standard InChI is InChI=1S/C30H57NO/c1-25-18-19-26-13-8-4-2-3-5-9-14-27(24-31-23-25)15-10-6-7-11-17-30-28(16-12-20-32)22-29(30)21-26/h25-32H,2-24H2,1H3/t25-,26?,27?,28?,29?,30?/m0/s1. The molecule has 3 fully saturated rings. The van der Waals surface area contributed by atoms with Crippen LogP contribution < -0.4 is 5.32 Å². The summed E-state index contributed by atoms with van der Waals surface area (Å²) >= 11 is 0. The number of fused-ring (bicyclic) bond motifs is 8. The molecular weight excluding hydrogens is 390 g/mol. The van der Waals surface area contributed by atoms with Crippen molar-refractivity contribution < 1.29 is 5.11 Å². The molecule has 3 rings (SSSR count). The molecule has 5 unspecified atom stereocenters. The van der Waals surface area contributed by atoms with Crippen LogP contribution in [0.15, 0.2) is 0 Å². The first kappa shape index (κ1) is 26.5. The van der Waals surface area contributed by atoms with Crippen molar-refractivity contribution in [1.82, 2.24) is 5.32 Å². The summed E-state index contributed by atoms with van der Waals surface area (Å²) in [5.74, 6) is 5.62. The van der Waals surface area contributed by atoms with Crippen molar-refractivity contribution in [3.63, 3.8) is 0 Å². The molecular formula is C30H57NO. The van der Waals surface area contributed by atoms with Crippen molar-refractivity contribution in [3.05, 3.63) is 0 Å². The van der Waals surface area contributed by atoms with E-state index >= 15 is 0 Å². The van der Waals surface area contributed by atoms with Crippen LogP contribution in [-0.2, 0) is 0 Å². The van der Waals surface area contributed by atoms with Crippen LogP contribution in [0, 0.1) is 35.5 Å². The predicted octanol–water partition coefficient (Wildman–Crippen LogP) is 8.13. The Hall–Kier alpha value is -0.0800. The van der Waals surface area contributed by atoms with Gasteiger partial charge in [-0.3, -0.25) is 0 Å². The van der Waals surface area contributed by atoms with Crippen molar-refractivity contribution in [1.29, 1.82) is 0 Å². The highest BCUT2D eigenvalue weighted by Crippen LogP contribution is 2.49. The molecule has 6 atom stereocenters.